The Morgan fingerprint density at radius 1 is 1.10 bits per heavy atom. The second-order valence-corrected chi connectivity index (χ2v) is 6.46. The summed E-state index contributed by atoms with van der Waals surface area (Å²) in [6.07, 6.45) is 1.95. The highest BCUT2D eigenvalue weighted by molar-refractivity contribution is 7.89. The lowest BCUT2D eigenvalue weighted by atomic mass is 10.2. The molecule has 1 aromatic carbocycles. The number of benzene rings is 1. The summed E-state index contributed by atoms with van der Waals surface area (Å²) in [6.45, 7) is 0.359. The van der Waals surface area contributed by atoms with Gasteiger partial charge in [0.15, 0.2) is 0 Å². The van der Waals surface area contributed by atoms with Crippen molar-refractivity contribution in [1.82, 2.24) is 14.5 Å². The van der Waals surface area contributed by atoms with Crippen LogP contribution in [0.4, 0.5) is 0 Å². The maximum Gasteiger partial charge on any atom is 0.266 e. The lowest BCUT2D eigenvalue weighted by Gasteiger charge is -2.07. The first-order chi connectivity index (χ1) is 10.1. The molecule has 112 valence electrons. The number of nitrogens with zero attached hydrogens (tertiary/aromatic N) is 2. The number of sulfonamides is 1. The van der Waals surface area contributed by atoms with E-state index in [1.54, 1.807) is 6.07 Å². The minimum absolute atomic E-state index is 0.0220. The van der Waals surface area contributed by atoms with Gasteiger partial charge in [0.25, 0.3) is 5.56 Å². The van der Waals surface area contributed by atoms with Gasteiger partial charge in [0.05, 0.1) is 12.3 Å². The molecule has 21 heavy (non-hydrogen) atoms. The van der Waals surface area contributed by atoms with Crippen LogP contribution in [0.15, 0.2) is 53.5 Å². The summed E-state index contributed by atoms with van der Waals surface area (Å²) in [7, 11) is -3.36. The summed E-state index contributed by atoms with van der Waals surface area (Å²) in [6, 6.07) is 12.4. The Morgan fingerprint density at radius 3 is 2.57 bits per heavy atom. The molecule has 0 radical (unpaired) electrons. The van der Waals surface area contributed by atoms with E-state index in [1.807, 2.05) is 30.3 Å². The molecule has 0 amide bonds. The molecule has 1 N–H and O–H groups in total. The molecule has 1 heterocycles. The molecular weight excluding hydrogens is 290 g/mol. The number of hydrogen-bond acceptors (Lipinski definition) is 4. The Hall–Kier alpha value is -1.99. The van der Waals surface area contributed by atoms with Crippen molar-refractivity contribution in [2.45, 2.75) is 13.0 Å². The minimum atomic E-state index is -3.36. The van der Waals surface area contributed by atoms with Crippen molar-refractivity contribution < 1.29 is 8.42 Å². The quantitative estimate of drug-likeness (QED) is 0.803. The van der Waals surface area contributed by atoms with Crippen molar-refractivity contribution in [3.63, 3.8) is 0 Å². The second-order valence-electron chi connectivity index (χ2n) is 4.53. The van der Waals surface area contributed by atoms with Gasteiger partial charge >= 0.3 is 0 Å². The summed E-state index contributed by atoms with van der Waals surface area (Å²) < 4.78 is 27.4. The Bertz CT molecular complexity index is 726. The molecule has 7 heteroatoms. The monoisotopic (exact) mass is 307 g/mol. The zero-order valence-electron chi connectivity index (χ0n) is 11.5. The molecule has 0 saturated carbocycles. The summed E-state index contributed by atoms with van der Waals surface area (Å²) in [5.41, 5.74) is 0.727. The van der Waals surface area contributed by atoms with E-state index in [1.165, 1.54) is 16.9 Å². The van der Waals surface area contributed by atoms with Crippen molar-refractivity contribution in [2.24, 2.45) is 0 Å². The largest absolute Gasteiger partial charge is 0.268 e. The molecule has 1 aromatic heterocycles. The number of nitrogens with one attached hydrogen (secondary N) is 1. The van der Waals surface area contributed by atoms with Crippen LogP contribution in [0.25, 0.3) is 0 Å². The third-order valence-electron chi connectivity index (χ3n) is 2.93. The summed E-state index contributed by atoms with van der Waals surface area (Å²) in [4.78, 5) is 11.4. The standard InChI is InChI=1S/C14H17N3O3S/c18-14-7-4-9-15-17(14)11-10-16-21(19,20)12-8-13-5-2-1-3-6-13/h1-7,9,16H,8,10-12H2. The van der Waals surface area contributed by atoms with Crippen molar-refractivity contribution in [2.75, 3.05) is 12.3 Å². The fraction of sp³-hybridized carbons (Fsp3) is 0.286. The Labute approximate surface area is 123 Å². The van der Waals surface area contributed by atoms with Gasteiger partial charge in [-0.25, -0.2) is 17.8 Å². The third-order valence-corrected chi connectivity index (χ3v) is 4.32. The van der Waals surface area contributed by atoms with Gasteiger partial charge in [-0.2, -0.15) is 5.10 Å². The van der Waals surface area contributed by atoms with Crippen LogP contribution in [0.1, 0.15) is 5.56 Å². The number of rotatable bonds is 7. The lowest BCUT2D eigenvalue weighted by molar-refractivity contribution is 0.547. The molecule has 0 aliphatic carbocycles. The van der Waals surface area contributed by atoms with E-state index in [4.69, 9.17) is 0 Å². The molecular formula is C14H17N3O3S. The average molecular weight is 307 g/mol. The van der Waals surface area contributed by atoms with Gasteiger partial charge in [-0.15, -0.1) is 0 Å². The lowest BCUT2D eigenvalue weighted by Crippen LogP contribution is -2.33. The summed E-state index contributed by atoms with van der Waals surface area (Å²) >= 11 is 0. The van der Waals surface area contributed by atoms with Crippen LogP contribution in [0.2, 0.25) is 0 Å². The number of hydrogen-bond donors (Lipinski definition) is 1. The van der Waals surface area contributed by atoms with Crippen LogP contribution in [-0.4, -0.2) is 30.5 Å². The fourth-order valence-electron chi connectivity index (χ4n) is 1.83. The first-order valence-electron chi connectivity index (χ1n) is 6.60. The Balaban J connectivity index is 1.82. The van der Waals surface area contributed by atoms with E-state index in [0.717, 1.165) is 5.56 Å². The van der Waals surface area contributed by atoms with Crippen LogP contribution in [0, 0.1) is 0 Å². The molecule has 0 fully saturated rings. The van der Waals surface area contributed by atoms with Crippen molar-refractivity contribution >= 4 is 10.0 Å². The molecule has 0 aliphatic rings. The highest BCUT2D eigenvalue weighted by Crippen LogP contribution is 2.01. The molecule has 0 unspecified atom stereocenters. The summed E-state index contributed by atoms with van der Waals surface area (Å²) in [5, 5.41) is 3.86. The minimum Gasteiger partial charge on any atom is -0.268 e. The molecule has 2 aromatic rings. The van der Waals surface area contributed by atoms with E-state index in [0.29, 0.717) is 6.42 Å². The van der Waals surface area contributed by atoms with Crippen molar-refractivity contribution in [3.05, 3.63) is 64.6 Å². The van der Waals surface area contributed by atoms with Gasteiger partial charge in [-0.1, -0.05) is 30.3 Å². The second kappa shape index (κ2) is 7.14. The first kappa shape index (κ1) is 15.4. The molecule has 0 atom stereocenters. The van der Waals surface area contributed by atoms with Crippen molar-refractivity contribution in [3.8, 4) is 0 Å². The number of aryl methyl sites for hydroxylation is 1. The first-order valence-corrected chi connectivity index (χ1v) is 8.25. The van der Waals surface area contributed by atoms with Crippen LogP contribution in [0.5, 0.6) is 0 Å². The Kier molecular flexibility index (Phi) is 5.24. The average Bonchev–Trinajstić information content (AvgIpc) is 2.48. The van der Waals surface area contributed by atoms with Gasteiger partial charge in [0.1, 0.15) is 0 Å². The van der Waals surface area contributed by atoms with Crippen LogP contribution in [0.3, 0.4) is 0 Å². The highest BCUT2D eigenvalue weighted by atomic mass is 32.2. The zero-order valence-corrected chi connectivity index (χ0v) is 12.3. The van der Waals surface area contributed by atoms with E-state index < -0.39 is 10.0 Å². The predicted octanol–water partition coefficient (Wildman–Crippen LogP) is 0.405. The van der Waals surface area contributed by atoms with Crippen LogP contribution in [-0.2, 0) is 23.0 Å². The fourth-order valence-corrected chi connectivity index (χ4v) is 2.88. The molecule has 0 saturated heterocycles. The van der Waals surface area contributed by atoms with Crippen LogP contribution >= 0.6 is 0 Å². The van der Waals surface area contributed by atoms with E-state index in [-0.39, 0.29) is 24.4 Å². The topological polar surface area (TPSA) is 81.1 Å². The van der Waals surface area contributed by atoms with E-state index in [9.17, 15) is 13.2 Å². The normalized spacial score (nSPS) is 11.4. The molecule has 2 rings (SSSR count). The number of aromatic nitrogens is 2. The predicted molar refractivity (Wildman–Crippen MR) is 80.4 cm³/mol. The third kappa shape index (κ3) is 5.13. The SMILES string of the molecule is O=c1cccnn1CCNS(=O)(=O)CCc1ccccc1. The smallest absolute Gasteiger partial charge is 0.266 e. The van der Waals surface area contributed by atoms with Crippen LogP contribution < -0.4 is 10.3 Å². The molecule has 0 bridgehead atoms. The van der Waals surface area contributed by atoms with Gasteiger partial charge in [0.2, 0.25) is 10.0 Å². The maximum absolute atomic E-state index is 11.9. The van der Waals surface area contributed by atoms with Gasteiger partial charge < -0.3 is 0 Å². The summed E-state index contributed by atoms with van der Waals surface area (Å²) in [5.74, 6) is 0.0220. The van der Waals surface area contributed by atoms with Gasteiger partial charge in [-0.3, -0.25) is 4.79 Å². The zero-order chi connectivity index (χ0) is 15.1. The maximum atomic E-state index is 11.9. The molecule has 6 nitrogen and oxygen atoms in total. The van der Waals surface area contributed by atoms with Gasteiger partial charge in [-0.05, 0) is 18.1 Å². The van der Waals surface area contributed by atoms with E-state index >= 15 is 0 Å². The highest BCUT2D eigenvalue weighted by Gasteiger charge is 2.10. The molecule has 0 spiro atoms. The molecule has 0 aliphatic heterocycles. The van der Waals surface area contributed by atoms with Gasteiger partial charge in [0, 0.05) is 18.8 Å². The van der Waals surface area contributed by atoms with Crippen molar-refractivity contribution in [1.29, 1.82) is 0 Å². The Morgan fingerprint density at radius 2 is 1.86 bits per heavy atom. The van der Waals surface area contributed by atoms with E-state index in [2.05, 4.69) is 9.82 Å².